The summed E-state index contributed by atoms with van der Waals surface area (Å²) >= 11 is 0. The Balaban J connectivity index is 1.79. The molecular formula is C12H16FNO2. The van der Waals surface area contributed by atoms with Gasteiger partial charge in [0.2, 0.25) is 0 Å². The number of ether oxygens (including phenoxy) is 2. The summed E-state index contributed by atoms with van der Waals surface area (Å²) < 4.78 is 23.9. The monoisotopic (exact) mass is 225 g/mol. The van der Waals surface area contributed by atoms with Crippen molar-refractivity contribution in [1.29, 1.82) is 0 Å². The molecule has 1 fully saturated rings. The predicted molar refractivity (Wildman–Crippen MR) is 59.1 cm³/mol. The molecular weight excluding hydrogens is 209 g/mol. The van der Waals surface area contributed by atoms with Gasteiger partial charge in [-0.05, 0) is 19.1 Å². The van der Waals surface area contributed by atoms with Crippen LogP contribution in [0, 0.1) is 5.82 Å². The minimum Gasteiger partial charge on any atom is -0.491 e. The molecule has 1 saturated heterocycles. The number of hydrogen-bond acceptors (Lipinski definition) is 3. The first-order valence-electron chi connectivity index (χ1n) is 5.47. The smallest absolute Gasteiger partial charge is 0.126 e. The maximum absolute atomic E-state index is 12.9. The lowest BCUT2D eigenvalue weighted by atomic mass is 10.2. The van der Waals surface area contributed by atoms with Crippen molar-refractivity contribution in [2.24, 2.45) is 0 Å². The van der Waals surface area contributed by atoms with Gasteiger partial charge < -0.3 is 14.8 Å². The van der Waals surface area contributed by atoms with E-state index >= 15 is 0 Å². The molecule has 1 aromatic rings. The van der Waals surface area contributed by atoms with Gasteiger partial charge in [0.25, 0.3) is 0 Å². The van der Waals surface area contributed by atoms with Gasteiger partial charge in [0.1, 0.15) is 24.3 Å². The topological polar surface area (TPSA) is 30.5 Å². The fourth-order valence-electron chi connectivity index (χ4n) is 1.58. The lowest BCUT2D eigenvalue weighted by Crippen LogP contribution is -2.46. The van der Waals surface area contributed by atoms with Gasteiger partial charge in [-0.25, -0.2) is 4.39 Å². The van der Waals surface area contributed by atoms with E-state index in [1.54, 1.807) is 12.1 Å². The van der Waals surface area contributed by atoms with Crippen LogP contribution in [0.1, 0.15) is 6.92 Å². The maximum Gasteiger partial charge on any atom is 0.126 e. The van der Waals surface area contributed by atoms with Crippen LogP contribution in [-0.2, 0) is 4.74 Å². The summed E-state index contributed by atoms with van der Waals surface area (Å²) in [4.78, 5) is 0. The number of halogens is 1. The number of rotatable bonds is 3. The zero-order valence-electron chi connectivity index (χ0n) is 9.28. The Morgan fingerprint density at radius 2 is 2.44 bits per heavy atom. The van der Waals surface area contributed by atoms with Crippen molar-refractivity contribution in [3.63, 3.8) is 0 Å². The van der Waals surface area contributed by atoms with Crippen LogP contribution >= 0.6 is 0 Å². The standard InChI is InChI=1S/C12H16FNO2/c1-9-7-15-12(6-14-9)8-16-11-4-2-3-10(13)5-11/h2-5,9,12,14H,6-8H2,1H3. The molecule has 3 nitrogen and oxygen atoms in total. The third-order valence-corrected chi connectivity index (χ3v) is 2.51. The molecule has 0 radical (unpaired) electrons. The third kappa shape index (κ3) is 3.18. The minimum absolute atomic E-state index is 0.0412. The van der Waals surface area contributed by atoms with E-state index in [1.807, 2.05) is 0 Å². The lowest BCUT2D eigenvalue weighted by Gasteiger charge is -2.28. The van der Waals surface area contributed by atoms with Crippen LogP contribution in [-0.4, -0.2) is 31.9 Å². The van der Waals surface area contributed by atoms with E-state index in [-0.39, 0.29) is 11.9 Å². The Labute approximate surface area is 94.6 Å². The Bertz CT molecular complexity index is 338. The van der Waals surface area contributed by atoms with Gasteiger partial charge in [-0.1, -0.05) is 6.07 Å². The van der Waals surface area contributed by atoms with E-state index < -0.39 is 0 Å². The Hall–Kier alpha value is -1.13. The quantitative estimate of drug-likeness (QED) is 0.847. The molecule has 2 unspecified atom stereocenters. The number of benzene rings is 1. The Morgan fingerprint density at radius 1 is 1.56 bits per heavy atom. The van der Waals surface area contributed by atoms with E-state index in [0.717, 1.165) is 6.54 Å². The molecule has 1 N–H and O–H groups in total. The molecule has 0 aliphatic carbocycles. The van der Waals surface area contributed by atoms with Gasteiger partial charge in [-0.3, -0.25) is 0 Å². The summed E-state index contributed by atoms with van der Waals surface area (Å²) in [6.07, 6.45) is 0.0412. The highest BCUT2D eigenvalue weighted by Crippen LogP contribution is 2.13. The van der Waals surface area contributed by atoms with E-state index in [2.05, 4.69) is 12.2 Å². The van der Waals surface area contributed by atoms with E-state index in [9.17, 15) is 4.39 Å². The highest BCUT2D eigenvalue weighted by molar-refractivity contribution is 5.22. The second kappa shape index (κ2) is 5.27. The fraction of sp³-hybridized carbons (Fsp3) is 0.500. The molecule has 2 atom stereocenters. The number of hydrogen-bond donors (Lipinski definition) is 1. The van der Waals surface area contributed by atoms with Crippen molar-refractivity contribution in [3.8, 4) is 5.75 Å². The zero-order chi connectivity index (χ0) is 11.4. The fourth-order valence-corrected chi connectivity index (χ4v) is 1.58. The molecule has 1 aliphatic rings. The molecule has 16 heavy (non-hydrogen) atoms. The van der Waals surface area contributed by atoms with Gasteiger partial charge in [-0.2, -0.15) is 0 Å². The summed E-state index contributed by atoms with van der Waals surface area (Å²) in [5, 5.41) is 3.30. The van der Waals surface area contributed by atoms with Crippen LogP contribution in [0.4, 0.5) is 4.39 Å². The van der Waals surface area contributed by atoms with Gasteiger partial charge in [-0.15, -0.1) is 0 Å². The Morgan fingerprint density at radius 3 is 3.12 bits per heavy atom. The molecule has 0 bridgehead atoms. The normalized spacial score (nSPS) is 25.4. The van der Waals surface area contributed by atoms with Crippen LogP contribution in [0.3, 0.4) is 0 Å². The highest BCUT2D eigenvalue weighted by Gasteiger charge is 2.18. The van der Waals surface area contributed by atoms with Crippen molar-refractivity contribution in [2.45, 2.75) is 19.1 Å². The Kier molecular flexibility index (Phi) is 3.74. The van der Waals surface area contributed by atoms with Crippen LogP contribution in [0.2, 0.25) is 0 Å². The average molecular weight is 225 g/mol. The van der Waals surface area contributed by atoms with Crippen molar-refractivity contribution in [3.05, 3.63) is 30.1 Å². The molecule has 1 aliphatic heterocycles. The SMILES string of the molecule is CC1COC(COc2cccc(F)c2)CN1. The van der Waals surface area contributed by atoms with Crippen molar-refractivity contribution < 1.29 is 13.9 Å². The zero-order valence-corrected chi connectivity index (χ0v) is 9.28. The average Bonchev–Trinajstić information content (AvgIpc) is 2.28. The molecule has 4 heteroatoms. The van der Waals surface area contributed by atoms with Crippen LogP contribution < -0.4 is 10.1 Å². The van der Waals surface area contributed by atoms with Crippen LogP contribution in [0.5, 0.6) is 5.75 Å². The van der Waals surface area contributed by atoms with Crippen molar-refractivity contribution in [2.75, 3.05) is 19.8 Å². The largest absolute Gasteiger partial charge is 0.491 e. The molecule has 88 valence electrons. The lowest BCUT2D eigenvalue weighted by molar-refractivity contribution is -0.0166. The molecule has 2 rings (SSSR count). The van der Waals surface area contributed by atoms with Crippen LogP contribution in [0.25, 0.3) is 0 Å². The summed E-state index contributed by atoms with van der Waals surface area (Å²) in [7, 11) is 0. The third-order valence-electron chi connectivity index (χ3n) is 2.51. The number of nitrogens with one attached hydrogen (secondary N) is 1. The van der Waals surface area contributed by atoms with Gasteiger partial charge >= 0.3 is 0 Å². The summed E-state index contributed by atoms with van der Waals surface area (Å²) in [6, 6.07) is 6.53. The van der Waals surface area contributed by atoms with Gasteiger partial charge in [0.15, 0.2) is 0 Å². The van der Waals surface area contributed by atoms with Crippen molar-refractivity contribution in [1.82, 2.24) is 5.32 Å². The predicted octanol–water partition coefficient (Wildman–Crippen LogP) is 1.58. The molecule has 0 saturated carbocycles. The summed E-state index contributed by atoms with van der Waals surface area (Å²) in [6.45, 7) is 3.99. The summed E-state index contributed by atoms with van der Waals surface area (Å²) in [5.74, 6) is 0.260. The molecule has 0 aromatic heterocycles. The molecule has 1 heterocycles. The maximum atomic E-state index is 12.9. The molecule has 0 spiro atoms. The number of morpholine rings is 1. The second-order valence-electron chi connectivity index (χ2n) is 4.03. The molecule has 1 aromatic carbocycles. The second-order valence-corrected chi connectivity index (χ2v) is 4.03. The van der Waals surface area contributed by atoms with E-state index in [0.29, 0.717) is 25.0 Å². The van der Waals surface area contributed by atoms with Crippen molar-refractivity contribution >= 4 is 0 Å². The van der Waals surface area contributed by atoms with E-state index in [4.69, 9.17) is 9.47 Å². The highest BCUT2D eigenvalue weighted by atomic mass is 19.1. The first-order chi connectivity index (χ1) is 7.74. The van der Waals surface area contributed by atoms with Crippen LogP contribution in [0.15, 0.2) is 24.3 Å². The molecule has 0 amide bonds. The van der Waals surface area contributed by atoms with E-state index in [1.165, 1.54) is 12.1 Å². The minimum atomic E-state index is -0.284. The summed E-state index contributed by atoms with van der Waals surface area (Å²) in [5.41, 5.74) is 0. The van der Waals surface area contributed by atoms with Gasteiger partial charge in [0, 0.05) is 18.7 Å². The first-order valence-corrected chi connectivity index (χ1v) is 5.47. The first kappa shape index (κ1) is 11.4. The van der Waals surface area contributed by atoms with Gasteiger partial charge in [0.05, 0.1) is 6.61 Å².